The molecule has 0 bridgehead atoms. The van der Waals surface area contributed by atoms with Crippen LogP contribution in [0.2, 0.25) is 0 Å². The minimum Gasteiger partial charge on any atom is -0.381 e. The molecule has 4 rings (SSSR count). The van der Waals surface area contributed by atoms with E-state index in [9.17, 15) is 8.78 Å². The van der Waals surface area contributed by atoms with E-state index in [1.54, 1.807) is 18.3 Å². The molecule has 0 saturated carbocycles. The number of anilines is 1. The summed E-state index contributed by atoms with van der Waals surface area (Å²) in [7, 11) is 0. The van der Waals surface area contributed by atoms with Gasteiger partial charge in [0.15, 0.2) is 17.5 Å². The molecule has 4 aromatic rings. The van der Waals surface area contributed by atoms with E-state index in [0.29, 0.717) is 22.2 Å². The van der Waals surface area contributed by atoms with Crippen molar-refractivity contribution in [2.75, 3.05) is 5.73 Å². The molecule has 8 heteroatoms. The second kappa shape index (κ2) is 5.34. The standard InChI is InChI=1S/C16H10F2N6/c17-9-5-10-11(7-22-15(10)21-6-9)16-23-13(12(18)14(19)24-16)8-1-3-20-4-2-8/h1-7H,(H,21,22)(H2,19,23,24). The van der Waals surface area contributed by atoms with Crippen LogP contribution in [0.4, 0.5) is 14.6 Å². The van der Waals surface area contributed by atoms with E-state index in [0.717, 1.165) is 6.20 Å². The number of aromatic amines is 1. The summed E-state index contributed by atoms with van der Waals surface area (Å²) in [6.45, 7) is 0. The lowest BCUT2D eigenvalue weighted by molar-refractivity contribution is 0.623. The van der Waals surface area contributed by atoms with Crippen molar-refractivity contribution in [2.24, 2.45) is 0 Å². The van der Waals surface area contributed by atoms with E-state index in [4.69, 9.17) is 5.73 Å². The first-order valence-corrected chi connectivity index (χ1v) is 7.00. The van der Waals surface area contributed by atoms with Gasteiger partial charge >= 0.3 is 0 Å². The highest BCUT2D eigenvalue weighted by Crippen LogP contribution is 2.30. The molecule has 0 aromatic carbocycles. The zero-order chi connectivity index (χ0) is 16.7. The molecule has 24 heavy (non-hydrogen) atoms. The maximum Gasteiger partial charge on any atom is 0.191 e. The van der Waals surface area contributed by atoms with E-state index in [1.165, 1.54) is 18.5 Å². The van der Waals surface area contributed by atoms with Crippen molar-refractivity contribution in [2.45, 2.75) is 0 Å². The van der Waals surface area contributed by atoms with Gasteiger partial charge in [0.1, 0.15) is 17.2 Å². The number of hydrogen-bond donors (Lipinski definition) is 2. The second-order valence-corrected chi connectivity index (χ2v) is 5.08. The zero-order valence-electron chi connectivity index (χ0n) is 12.2. The van der Waals surface area contributed by atoms with E-state index in [2.05, 4.69) is 24.9 Å². The van der Waals surface area contributed by atoms with Gasteiger partial charge in [0.25, 0.3) is 0 Å². The predicted octanol–water partition coefficient (Wildman–Crippen LogP) is 2.94. The van der Waals surface area contributed by atoms with Gasteiger partial charge in [-0.2, -0.15) is 0 Å². The molecule has 118 valence electrons. The van der Waals surface area contributed by atoms with Crippen LogP contribution in [0.1, 0.15) is 0 Å². The minimum atomic E-state index is -0.714. The van der Waals surface area contributed by atoms with Crippen LogP contribution in [0, 0.1) is 11.6 Å². The van der Waals surface area contributed by atoms with Gasteiger partial charge in [-0.3, -0.25) is 4.98 Å². The highest BCUT2D eigenvalue weighted by atomic mass is 19.1. The number of nitrogen functional groups attached to an aromatic ring is 1. The summed E-state index contributed by atoms with van der Waals surface area (Å²) in [5.74, 6) is -1.31. The Balaban J connectivity index is 1.96. The zero-order valence-corrected chi connectivity index (χ0v) is 12.2. The Hall–Kier alpha value is -3.42. The Bertz CT molecular complexity index is 1050. The van der Waals surface area contributed by atoms with Crippen molar-refractivity contribution >= 4 is 16.9 Å². The van der Waals surface area contributed by atoms with E-state index in [1.807, 2.05) is 0 Å². The van der Waals surface area contributed by atoms with Gasteiger partial charge in [0.05, 0.1) is 6.20 Å². The third-order valence-electron chi connectivity index (χ3n) is 3.57. The van der Waals surface area contributed by atoms with Crippen LogP contribution in [-0.4, -0.2) is 24.9 Å². The summed E-state index contributed by atoms with van der Waals surface area (Å²) >= 11 is 0. The molecule has 0 aliphatic carbocycles. The average Bonchev–Trinajstić information content (AvgIpc) is 3.01. The average molecular weight is 324 g/mol. The fourth-order valence-electron chi connectivity index (χ4n) is 2.45. The maximum absolute atomic E-state index is 14.3. The predicted molar refractivity (Wildman–Crippen MR) is 84.7 cm³/mol. The Morgan fingerprint density at radius 3 is 2.67 bits per heavy atom. The van der Waals surface area contributed by atoms with Crippen LogP contribution in [0.5, 0.6) is 0 Å². The van der Waals surface area contributed by atoms with Crippen molar-refractivity contribution in [3.05, 3.63) is 54.6 Å². The van der Waals surface area contributed by atoms with Gasteiger partial charge in [0, 0.05) is 35.1 Å². The fraction of sp³-hybridized carbons (Fsp3) is 0. The van der Waals surface area contributed by atoms with Crippen molar-refractivity contribution in [1.82, 2.24) is 24.9 Å². The van der Waals surface area contributed by atoms with Crippen LogP contribution in [-0.2, 0) is 0 Å². The molecule has 4 aromatic heterocycles. The van der Waals surface area contributed by atoms with E-state index in [-0.39, 0.29) is 17.3 Å². The summed E-state index contributed by atoms with van der Waals surface area (Å²) in [6.07, 6.45) is 5.74. The molecule has 0 fully saturated rings. The maximum atomic E-state index is 14.3. The number of nitrogens with two attached hydrogens (primary N) is 1. The molecule has 0 aliphatic heterocycles. The second-order valence-electron chi connectivity index (χ2n) is 5.08. The smallest absolute Gasteiger partial charge is 0.191 e. The molecule has 0 amide bonds. The van der Waals surface area contributed by atoms with E-state index < -0.39 is 11.6 Å². The molecule has 0 spiro atoms. The van der Waals surface area contributed by atoms with Crippen LogP contribution < -0.4 is 5.73 Å². The van der Waals surface area contributed by atoms with Crippen LogP contribution in [0.15, 0.2) is 43.0 Å². The van der Waals surface area contributed by atoms with Crippen molar-refractivity contribution in [3.8, 4) is 22.6 Å². The van der Waals surface area contributed by atoms with E-state index >= 15 is 0 Å². The number of nitrogens with one attached hydrogen (secondary N) is 1. The lowest BCUT2D eigenvalue weighted by atomic mass is 10.1. The first kappa shape index (κ1) is 14.2. The number of hydrogen-bond acceptors (Lipinski definition) is 5. The summed E-state index contributed by atoms with van der Waals surface area (Å²) in [6, 6.07) is 4.54. The number of halogens is 2. The number of H-pyrrole nitrogens is 1. The van der Waals surface area contributed by atoms with Gasteiger partial charge in [0.2, 0.25) is 0 Å². The van der Waals surface area contributed by atoms with Gasteiger partial charge in [-0.05, 0) is 18.2 Å². The molecule has 6 nitrogen and oxygen atoms in total. The molecule has 0 unspecified atom stereocenters. The normalized spacial score (nSPS) is 11.1. The summed E-state index contributed by atoms with van der Waals surface area (Å²) in [4.78, 5) is 19.0. The largest absolute Gasteiger partial charge is 0.381 e. The molecular formula is C16H10F2N6. The quantitative estimate of drug-likeness (QED) is 0.591. The van der Waals surface area contributed by atoms with Crippen LogP contribution in [0.3, 0.4) is 0 Å². The lowest BCUT2D eigenvalue weighted by Gasteiger charge is -2.07. The number of aromatic nitrogens is 5. The molecule has 0 saturated heterocycles. The van der Waals surface area contributed by atoms with Crippen molar-refractivity contribution < 1.29 is 8.78 Å². The van der Waals surface area contributed by atoms with Crippen LogP contribution in [0.25, 0.3) is 33.7 Å². The summed E-state index contributed by atoms with van der Waals surface area (Å²) in [5.41, 5.74) is 7.23. The lowest BCUT2D eigenvalue weighted by Crippen LogP contribution is -2.03. The Morgan fingerprint density at radius 1 is 1.08 bits per heavy atom. The third-order valence-corrected chi connectivity index (χ3v) is 3.57. The third kappa shape index (κ3) is 2.24. The SMILES string of the molecule is Nc1nc(-c2c[nH]c3ncc(F)cc23)nc(-c2ccncc2)c1F. The highest BCUT2D eigenvalue weighted by Gasteiger charge is 2.17. The molecule has 0 atom stereocenters. The molecule has 4 heterocycles. The minimum absolute atomic E-state index is 0.0543. The fourth-order valence-corrected chi connectivity index (χ4v) is 2.45. The van der Waals surface area contributed by atoms with Crippen molar-refractivity contribution in [1.29, 1.82) is 0 Å². The molecule has 0 aliphatic rings. The first-order chi connectivity index (χ1) is 11.6. The molecule has 3 N–H and O–H groups in total. The monoisotopic (exact) mass is 324 g/mol. The van der Waals surface area contributed by atoms with Gasteiger partial charge in [-0.15, -0.1) is 0 Å². The Morgan fingerprint density at radius 2 is 1.88 bits per heavy atom. The highest BCUT2D eigenvalue weighted by molar-refractivity contribution is 5.92. The van der Waals surface area contributed by atoms with Gasteiger partial charge in [-0.25, -0.2) is 23.7 Å². The summed E-state index contributed by atoms with van der Waals surface area (Å²) < 4.78 is 27.8. The number of pyridine rings is 2. The van der Waals surface area contributed by atoms with Gasteiger partial charge < -0.3 is 10.7 Å². The number of fused-ring (bicyclic) bond motifs is 1. The van der Waals surface area contributed by atoms with Gasteiger partial charge in [-0.1, -0.05) is 0 Å². The number of nitrogens with zero attached hydrogens (tertiary/aromatic N) is 4. The summed E-state index contributed by atoms with van der Waals surface area (Å²) in [5, 5.41) is 0.488. The van der Waals surface area contributed by atoms with Crippen LogP contribution >= 0.6 is 0 Å². The number of rotatable bonds is 2. The molecular weight excluding hydrogens is 314 g/mol. The first-order valence-electron chi connectivity index (χ1n) is 7.00. The topological polar surface area (TPSA) is 93.4 Å². The molecule has 0 radical (unpaired) electrons. The van der Waals surface area contributed by atoms with Crippen molar-refractivity contribution in [3.63, 3.8) is 0 Å². The Labute approximate surface area is 134 Å². The Kier molecular flexibility index (Phi) is 3.16.